The Balaban J connectivity index is 2.35. The predicted octanol–water partition coefficient (Wildman–Crippen LogP) is 2.17. The van der Waals surface area contributed by atoms with Crippen molar-refractivity contribution in [3.63, 3.8) is 0 Å². The van der Waals surface area contributed by atoms with Crippen molar-refractivity contribution in [3.05, 3.63) is 22.6 Å². The van der Waals surface area contributed by atoms with E-state index in [4.69, 9.17) is 9.52 Å². The SMILES string of the molecule is CC(NCCC(=O)O)c1ccc(Br)o1. The highest BCUT2D eigenvalue weighted by atomic mass is 79.9. The maximum atomic E-state index is 10.3. The minimum atomic E-state index is -0.801. The Bertz CT molecular complexity index is 311. The van der Waals surface area contributed by atoms with Crippen LogP contribution in [0.15, 0.2) is 21.2 Å². The van der Waals surface area contributed by atoms with Crippen LogP contribution in [0, 0.1) is 0 Å². The minimum absolute atomic E-state index is 0.0284. The summed E-state index contributed by atoms with van der Waals surface area (Å²) >= 11 is 3.20. The predicted molar refractivity (Wildman–Crippen MR) is 55.1 cm³/mol. The molecule has 1 atom stereocenters. The zero-order chi connectivity index (χ0) is 10.6. The molecule has 0 bridgehead atoms. The average molecular weight is 262 g/mol. The van der Waals surface area contributed by atoms with Gasteiger partial charge in [-0.05, 0) is 35.0 Å². The summed E-state index contributed by atoms with van der Waals surface area (Å²) in [5.41, 5.74) is 0. The molecule has 0 aliphatic rings. The first-order valence-electron chi connectivity index (χ1n) is 4.30. The maximum Gasteiger partial charge on any atom is 0.304 e. The zero-order valence-corrected chi connectivity index (χ0v) is 9.37. The molecule has 78 valence electrons. The second-order valence-corrected chi connectivity index (χ2v) is 3.74. The molecule has 5 heteroatoms. The molecule has 1 rings (SSSR count). The lowest BCUT2D eigenvalue weighted by Gasteiger charge is -2.09. The lowest BCUT2D eigenvalue weighted by Crippen LogP contribution is -2.21. The molecule has 0 saturated heterocycles. The van der Waals surface area contributed by atoms with Crippen molar-refractivity contribution in [3.8, 4) is 0 Å². The topological polar surface area (TPSA) is 62.5 Å². The van der Waals surface area contributed by atoms with Crippen molar-refractivity contribution >= 4 is 21.9 Å². The van der Waals surface area contributed by atoms with Crippen LogP contribution in [0.1, 0.15) is 25.1 Å². The lowest BCUT2D eigenvalue weighted by molar-refractivity contribution is -0.136. The molecule has 14 heavy (non-hydrogen) atoms. The Morgan fingerprint density at radius 2 is 2.43 bits per heavy atom. The van der Waals surface area contributed by atoms with Gasteiger partial charge in [-0.1, -0.05) is 0 Å². The number of hydrogen-bond donors (Lipinski definition) is 2. The molecule has 0 aliphatic carbocycles. The van der Waals surface area contributed by atoms with Crippen LogP contribution in [0.4, 0.5) is 0 Å². The van der Waals surface area contributed by atoms with Gasteiger partial charge in [-0.2, -0.15) is 0 Å². The normalized spacial score (nSPS) is 12.7. The Kier molecular flexibility index (Phi) is 4.16. The van der Waals surface area contributed by atoms with E-state index in [1.165, 1.54) is 0 Å². The van der Waals surface area contributed by atoms with Gasteiger partial charge in [0, 0.05) is 6.54 Å². The number of aliphatic carboxylic acids is 1. The van der Waals surface area contributed by atoms with Crippen molar-refractivity contribution in [2.75, 3.05) is 6.54 Å². The van der Waals surface area contributed by atoms with Gasteiger partial charge < -0.3 is 14.8 Å². The molecule has 1 aromatic rings. The number of nitrogens with one attached hydrogen (secondary N) is 1. The van der Waals surface area contributed by atoms with Crippen LogP contribution in [0.5, 0.6) is 0 Å². The molecule has 1 aromatic heterocycles. The van der Waals surface area contributed by atoms with E-state index in [-0.39, 0.29) is 12.5 Å². The van der Waals surface area contributed by atoms with Gasteiger partial charge in [0.15, 0.2) is 4.67 Å². The standard InChI is InChI=1S/C9H12BrNO3/c1-6(11-5-4-9(12)13)7-2-3-8(10)14-7/h2-3,6,11H,4-5H2,1H3,(H,12,13). The highest BCUT2D eigenvalue weighted by Gasteiger charge is 2.09. The van der Waals surface area contributed by atoms with Gasteiger partial charge in [-0.15, -0.1) is 0 Å². The molecule has 0 aromatic carbocycles. The first-order valence-corrected chi connectivity index (χ1v) is 5.09. The molecule has 0 amide bonds. The van der Waals surface area contributed by atoms with E-state index in [0.717, 1.165) is 5.76 Å². The quantitative estimate of drug-likeness (QED) is 0.853. The summed E-state index contributed by atoms with van der Waals surface area (Å²) in [6.07, 6.45) is 0.117. The van der Waals surface area contributed by atoms with Crippen LogP contribution in [-0.4, -0.2) is 17.6 Å². The first kappa shape index (κ1) is 11.3. The molecular weight excluding hydrogens is 250 g/mol. The van der Waals surface area contributed by atoms with E-state index < -0.39 is 5.97 Å². The number of furan rings is 1. The van der Waals surface area contributed by atoms with Crippen molar-refractivity contribution in [2.24, 2.45) is 0 Å². The van der Waals surface area contributed by atoms with Gasteiger partial charge in [0.05, 0.1) is 12.5 Å². The average Bonchev–Trinajstić information content (AvgIpc) is 2.51. The Labute approximate surface area is 90.4 Å². The van der Waals surface area contributed by atoms with Crippen molar-refractivity contribution in [1.82, 2.24) is 5.32 Å². The summed E-state index contributed by atoms with van der Waals surface area (Å²) in [7, 11) is 0. The van der Waals surface area contributed by atoms with Gasteiger partial charge in [0.25, 0.3) is 0 Å². The Morgan fingerprint density at radius 1 is 1.71 bits per heavy atom. The lowest BCUT2D eigenvalue weighted by atomic mass is 10.2. The van der Waals surface area contributed by atoms with Crippen LogP contribution in [0.25, 0.3) is 0 Å². The van der Waals surface area contributed by atoms with E-state index in [1.807, 2.05) is 19.1 Å². The van der Waals surface area contributed by atoms with E-state index in [2.05, 4.69) is 21.2 Å². The Morgan fingerprint density at radius 3 is 2.93 bits per heavy atom. The third-order valence-electron chi connectivity index (χ3n) is 1.81. The third kappa shape index (κ3) is 3.51. The zero-order valence-electron chi connectivity index (χ0n) is 7.79. The maximum absolute atomic E-state index is 10.3. The molecule has 1 unspecified atom stereocenters. The van der Waals surface area contributed by atoms with Crippen LogP contribution < -0.4 is 5.32 Å². The second-order valence-electron chi connectivity index (χ2n) is 2.96. The summed E-state index contributed by atoms with van der Waals surface area (Å²) < 4.78 is 5.99. The number of halogens is 1. The molecule has 0 fully saturated rings. The van der Waals surface area contributed by atoms with Crippen molar-refractivity contribution in [1.29, 1.82) is 0 Å². The highest BCUT2D eigenvalue weighted by molar-refractivity contribution is 9.10. The molecular formula is C9H12BrNO3. The minimum Gasteiger partial charge on any atom is -0.481 e. The molecule has 4 nitrogen and oxygen atoms in total. The summed E-state index contributed by atoms with van der Waals surface area (Å²) in [6.45, 7) is 2.36. The van der Waals surface area contributed by atoms with Crippen LogP contribution >= 0.6 is 15.9 Å². The van der Waals surface area contributed by atoms with Crippen molar-refractivity contribution in [2.45, 2.75) is 19.4 Å². The second kappa shape index (κ2) is 5.17. The highest BCUT2D eigenvalue weighted by Crippen LogP contribution is 2.19. The van der Waals surface area contributed by atoms with Gasteiger partial charge in [0.1, 0.15) is 5.76 Å². The molecule has 0 saturated carbocycles. The monoisotopic (exact) mass is 261 g/mol. The fraction of sp³-hybridized carbons (Fsp3) is 0.444. The summed E-state index contributed by atoms with van der Waals surface area (Å²) in [5, 5.41) is 11.5. The largest absolute Gasteiger partial charge is 0.481 e. The van der Waals surface area contributed by atoms with Crippen LogP contribution in [0.2, 0.25) is 0 Å². The molecule has 2 N–H and O–H groups in total. The van der Waals surface area contributed by atoms with Gasteiger partial charge in [-0.25, -0.2) is 0 Å². The first-order chi connectivity index (χ1) is 6.59. The number of carbonyl (C=O) groups is 1. The van der Waals surface area contributed by atoms with E-state index in [1.54, 1.807) is 0 Å². The van der Waals surface area contributed by atoms with Gasteiger partial charge in [-0.3, -0.25) is 4.79 Å². The van der Waals surface area contributed by atoms with Gasteiger partial charge in [0.2, 0.25) is 0 Å². The number of hydrogen-bond acceptors (Lipinski definition) is 3. The summed E-state index contributed by atoms with van der Waals surface area (Å²) in [6, 6.07) is 3.69. The van der Waals surface area contributed by atoms with Crippen LogP contribution in [0.3, 0.4) is 0 Å². The van der Waals surface area contributed by atoms with E-state index in [9.17, 15) is 4.79 Å². The summed E-state index contributed by atoms with van der Waals surface area (Å²) in [4.78, 5) is 10.3. The summed E-state index contributed by atoms with van der Waals surface area (Å²) in [5.74, 6) is -0.00686. The number of rotatable bonds is 5. The molecule has 0 aliphatic heterocycles. The van der Waals surface area contributed by atoms with E-state index >= 15 is 0 Å². The van der Waals surface area contributed by atoms with Crippen molar-refractivity contribution < 1.29 is 14.3 Å². The van der Waals surface area contributed by atoms with E-state index in [0.29, 0.717) is 11.2 Å². The molecule has 1 heterocycles. The number of carboxylic acid groups (broad SMARTS) is 1. The van der Waals surface area contributed by atoms with Crippen LogP contribution in [-0.2, 0) is 4.79 Å². The third-order valence-corrected chi connectivity index (χ3v) is 2.24. The fourth-order valence-corrected chi connectivity index (χ4v) is 1.38. The molecule has 0 spiro atoms. The van der Waals surface area contributed by atoms with Gasteiger partial charge >= 0.3 is 5.97 Å². The Hall–Kier alpha value is -0.810. The fourth-order valence-electron chi connectivity index (χ4n) is 1.06. The smallest absolute Gasteiger partial charge is 0.304 e. The molecule has 0 radical (unpaired) electrons. The number of carboxylic acids is 1.